The summed E-state index contributed by atoms with van der Waals surface area (Å²) in [6.45, 7) is 7.31. The van der Waals surface area contributed by atoms with Crippen LogP contribution in [0.25, 0.3) is 5.69 Å². The minimum Gasteiger partial charge on any atom is -0.367 e. The number of halogens is 2. The number of nitrogens with one attached hydrogen (secondary N) is 1. The number of nitrogens with zero attached hydrogens (tertiary/aromatic N) is 3. The Kier molecular flexibility index (Phi) is 9.65. The van der Waals surface area contributed by atoms with Gasteiger partial charge in [-0.1, -0.05) is 58.1 Å². The van der Waals surface area contributed by atoms with E-state index in [-0.39, 0.29) is 0 Å². The maximum absolute atomic E-state index is 13.0. The quantitative estimate of drug-likeness (QED) is 0.660. The SMILES string of the molecule is CCCCCCC.CCCNc1cn(-c2ccc(F)c(F)c2)nn1. The number of benzene rings is 1. The van der Waals surface area contributed by atoms with Crippen molar-refractivity contribution in [1.82, 2.24) is 15.0 Å². The standard InChI is InChI=1S/C11H12F2N4.C7H16/c1-2-5-14-11-7-17(16-15-11)8-3-4-9(12)10(13)6-8;1-3-5-7-6-4-2/h3-4,6-7,14H,2,5H2,1H3;3-7H2,1-2H3. The third-order valence-corrected chi connectivity index (χ3v) is 3.42. The average molecular weight is 338 g/mol. The summed E-state index contributed by atoms with van der Waals surface area (Å²) in [5, 5.41) is 10.7. The van der Waals surface area contributed by atoms with E-state index in [9.17, 15) is 8.78 Å². The fraction of sp³-hybridized carbons (Fsp3) is 0.556. The van der Waals surface area contributed by atoms with E-state index in [1.165, 1.54) is 42.9 Å². The molecule has 0 saturated heterocycles. The Hall–Kier alpha value is -1.98. The molecule has 1 aromatic heterocycles. The van der Waals surface area contributed by atoms with Crippen molar-refractivity contribution >= 4 is 5.82 Å². The molecule has 0 atom stereocenters. The predicted octanol–water partition coefficient (Wildman–Crippen LogP) is 5.34. The minimum absolute atomic E-state index is 0.431. The second-order valence-corrected chi connectivity index (χ2v) is 5.63. The van der Waals surface area contributed by atoms with Crippen LogP contribution < -0.4 is 5.32 Å². The van der Waals surface area contributed by atoms with E-state index >= 15 is 0 Å². The summed E-state index contributed by atoms with van der Waals surface area (Å²) < 4.78 is 27.2. The Labute approximate surface area is 143 Å². The first-order chi connectivity index (χ1) is 11.6. The molecule has 1 N–H and O–H groups in total. The lowest BCUT2D eigenvalue weighted by atomic mass is 10.2. The third-order valence-electron chi connectivity index (χ3n) is 3.42. The molecule has 6 heteroatoms. The van der Waals surface area contributed by atoms with Gasteiger partial charge < -0.3 is 5.32 Å². The van der Waals surface area contributed by atoms with Crippen molar-refractivity contribution in [3.05, 3.63) is 36.0 Å². The molecule has 0 unspecified atom stereocenters. The maximum Gasteiger partial charge on any atom is 0.169 e. The summed E-state index contributed by atoms with van der Waals surface area (Å²) in [5.41, 5.74) is 0.431. The normalized spacial score (nSPS) is 10.2. The first-order valence-corrected chi connectivity index (χ1v) is 8.73. The molecule has 0 aliphatic rings. The summed E-state index contributed by atoms with van der Waals surface area (Å²) >= 11 is 0. The number of unbranched alkanes of at least 4 members (excludes halogenated alkanes) is 4. The van der Waals surface area contributed by atoms with E-state index in [4.69, 9.17) is 0 Å². The van der Waals surface area contributed by atoms with E-state index in [1.807, 2.05) is 6.92 Å². The van der Waals surface area contributed by atoms with Crippen LogP contribution >= 0.6 is 0 Å². The van der Waals surface area contributed by atoms with Crippen LogP contribution in [0.1, 0.15) is 59.3 Å². The van der Waals surface area contributed by atoms with Crippen LogP contribution in [0.3, 0.4) is 0 Å². The van der Waals surface area contributed by atoms with Crippen molar-refractivity contribution in [3.8, 4) is 5.69 Å². The van der Waals surface area contributed by atoms with Crippen LogP contribution in [0.5, 0.6) is 0 Å². The van der Waals surface area contributed by atoms with E-state index in [2.05, 4.69) is 29.5 Å². The summed E-state index contributed by atoms with van der Waals surface area (Å²) in [5.74, 6) is -1.17. The van der Waals surface area contributed by atoms with Crippen LogP contribution in [0, 0.1) is 11.6 Å². The van der Waals surface area contributed by atoms with Crippen LogP contribution in [-0.4, -0.2) is 21.5 Å². The fourth-order valence-corrected chi connectivity index (χ4v) is 2.03. The van der Waals surface area contributed by atoms with Crippen molar-refractivity contribution < 1.29 is 8.78 Å². The predicted molar refractivity (Wildman–Crippen MR) is 94.5 cm³/mol. The molecule has 4 nitrogen and oxygen atoms in total. The van der Waals surface area contributed by atoms with Gasteiger partial charge in [0.05, 0.1) is 11.9 Å². The smallest absolute Gasteiger partial charge is 0.169 e. The monoisotopic (exact) mass is 338 g/mol. The third kappa shape index (κ3) is 7.06. The molecule has 0 spiro atoms. The molecule has 2 rings (SSSR count). The Morgan fingerprint density at radius 1 is 0.958 bits per heavy atom. The van der Waals surface area contributed by atoms with Gasteiger partial charge in [0.25, 0.3) is 0 Å². The molecule has 0 saturated carbocycles. The molecule has 0 amide bonds. The van der Waals surface area contributed by atoms with Gasteiger partial charge in [-0.25, -0.2) is 13.5 Å². The Morgan fingerprint density at radius 2 is 1.67 bits per heavy atom. The molecule has 0 bridgehead atoms. The first kappa shape index (κ1) is 20.1. The highest BCUT2D eigenvalue weighted by atomic mass is 19.2. The maximum atomic E-state index is 13.0. The zero-order valence-electron chi connectivity index (χ0n) is 14.9. The van der Waals surface area contributed by atoms with Crippen LogP contribution in [-0.2, 0) is 0 Å². The molecule has 1 heterocycles. The van der Waals surface area contributed by atoms with Gasteiger partial charge in [0.2, 0.25) is 0 Å². The van der Waals surface area contributed by atoms with Crippen molar-refractivity contribution in [2.45, 2.75) is 59.3 Å². The lowest BCUT2D eigenvalue weighted by Gasteiger charge is -2.00. The van der Waals surface area contributed by atoms with E-state index < -0.39 is 11.6 Å². The van der Waals surface area contributed by atoms with Crippen molar-refractivity contribution in [1.29, 1.82) is 0 Å². The van der Waals surface area contributed by atoms with Gasteiger partial charge in [0.1, 0.15) is 0 Å². The Morgan fingerprint density at radius 3 is 2.25 bits per heavy atom. The summed E-state index contributed by atoms with van der Waals surface area (Å²) in [6, 6.07) is 3.58. The van der Waals surface area contributed by atoms with Gasteiger partial charge in [0, 0.05) is 12.6 Å². The lowest BCUT2D eigenvalue weighted by Crippen LogP contribution is -1.99. The van der Waals surface area contributed by atoms with Gasteiger partial charge in [-0.2, -0.15) is 0 Å². The van der Waals surface area contributed by atoms with Crippen LogP contribution in [0.2, 0.25) is 0 Å². The van der Waals surface area contributed by atoms with Gasteiger partial charge >= 0.3 is 0 Å². The average Bonchev–Trinajstić information content (AvgIpc) is 3.05. The number of rotatable bonds is 8. The highest BCUT2D eigenvalue weighted by Gasteiger charge is 2.06. The van der Waals surface area contributed by atoms with Crippen LogP contribution in [0.15, 0.2) is 24.4 Å². The summed E-state index contributed by atoms with van der Waals surface area (Å²) in [7, 11) is 0. The van der Waals surface area contributed by atoms with Crippen molar-refractivity contribution in [2.24, 2.45) is 0 Å². The molecule has 24 heavy (non-hydrogen) atoms. The lowest BCUT2D eigenvalue weighted by molar-refractivity contribution is 0.507. The zero-order valence-corrected chi connectivity index (χ0v) is 14.9. The van der Waals surface area contributed by atoms with E-state index in [0.29, 0.717) is 11.5 Å². The van der Waals surface area contributed by atoms with Gasteiger partial charge in [0.15, 0.2) is 17.5 Å². The summed E-state index contributed by atoms with van der Waals surface area (Å²) in [4.78, 5) is 0. The molecule has 0 aliphatic heterocycles. The van der Waals surface area contributed by atoms with E-state index in [0.717, 1.165) is 25.1 Å². The minimum atomic E-state index is -0.902. The highest BCUT2D eigenvalue weighted by molar-refractivity contribution is 5.37. The highest BCUT2D eigenvalue weighted by Crippen LogP contribution is 2.13. The molecule has 134 valence electrons. The molecular formula is C18H28F2N4. The second kappa shape index (κ2) is 11.5. The number of aromatic nitrogens is 3. The van der Waals surface area contributed by atoms with E-state index in [1.54, 1.807) is 6.20 Å². The van der Waals surface area contributed by atoms with Crippen molar-refractivity contribution in [2.75, 3.05) is 11.9 Å². The van der Waals surface area contributed by atoms with Gasteiger partial charge in [-0.3, -0.25) is 0 Å². The van der Waals surface area contributed by atoms with Gasteiger partial charge in [-0.15, -0.1) is 5.10 Å². The number of anilines is 1. The number of hydrogen-bond donors (Lipinski definition) is 1. The van der Waals surface area contributed by atoms with Crippen molar-refractivity contribution in [3.63, 3.8) is 0 Å². The zero-order chi connectivity index (χ0) is 17.8. The molecule has 0 radical (unpaired) electrons. The topological polar surface area (TPSA) is 42.7 Å². The Balaban J connectivity index is 0.000000351. The fourth-order valence-electron chi connectivity index (χ4n) is 2.03. The molecule has 2 aromatic rings. The number of hydrogen-bond acceptors (Lipinski definition) is 3. The molecular weight excluding hydrogens is 310 g/mol. The second-order valence-electron chi connectivity index (χ2n) is 5.63. The Bertz CT molecular complexity index is 580. The molecule has 0 fully saturated rings. The largest absolute Gasteiger partial charge is 0.367 e. The van der Waals surface area contributed by atoms with Crippen LogP contribution in [0.4, 0.5) is 14.6 Å². The first-order valence-electron chi connectivity index (χ1n) is 8.73. The van der Waals surface area contributed by atoms with Gasteiger partial charge in [-0.05, 0) is 18.6 Å². The molecule has 0 aliphatic carbocycles. The molecule has 1 aromatic carbocycles. The summed E-state index contributed by atoms with van der Waals surface area (Å²) in [6.07, 6.45) is 9.61.